The normalized spacial score (nSPS) is 19.2. The summed E-state index contributed by atoms with van der Waals surface area (Å²) in [5, 5.41) is 6.35. The number of likely N-dealkylation sites (tertiary alicyclic amines) is 1. The van der Waals surface area contributed by atoms with Gasteiger partial charge in [0, 0.05) is 51.7 Å². The third-order valence-corrected chi connectivity index (χ3v) is 5.37. The minimum atomic E-state index is -4.17. The van der Waals surface area contributed by atoms with Crippen molar-refractivity contribution in [2.75, 3.05) is 32.7 Å². The average Bonchev–Trinajstić information content (AvgIpc) is 3.30. The predicted molar refractivity (Wildman–Crippen MR) is 125 cm³/mol. The molecule has 0 aromatic heterocycles. The summed E-state index contributed by atoms with van der Waals surface area (Å²) in [5.74, 6) is 0.718. The van der Waals surface area contributed by atoms with Crippen LogP contribution >= 0.6 is 24.0 Å². The Balaban J connectivity index is 0.00000341. The summed E-state index contributed by atoms with van der Waals surface area (Å²) in [5.41, 5.74) is 2.41. The van der Waals surface area contributed by atoms with Gasteiger partial charge >= 0.3 is 6.18 Å². The maximum atomic E-state index is 12.5. The van der Waals surface area contributed by atoms with Crippen molar-refractivity contribution in [1.29, 1.82) is 0 Å². The molecule has 1 atom stereocenters. The van der Waals surface area contributed by atoms with Crippen LogP contribution in [0.1, 0.15) is 37.3 Å². The number of alkyl halides is 3. The molecule has 2 N–H and O–H groups in total. The molecule has 0 saturated carbocycles. The Morgan fingerprint density at radius 1 is 1.23 bits per heavy atom. The fraction of sp³-hybridized carbons (Fsp3) is 0.619. The van der Waals surface area contributed by atoms with Crippen LogP contribution in [0, 0.1) is 0 Å². The SMILES string of the molecule is CCNC(=NCCCC(=O)N1Cc2ccccc2C1)NC1CCN(CC(F)(F)F)C1.I. The van der Waals surface area contributed by atoms with E-state index in [0.717, 1.165) is 0 Å². The molecule has 10 heteroatoms. The molecule has 1 amide bonds. The summed E-state index contributed by atoms with van der Waals surface area (Å²) < 4.78 is 37.6. The standard InChI is InChI=1S/C21H30F3N5O.HI/c1-2-25-20(27-18-9-11-28(14-18)15-21(22,23)24)26-10-5-8-19(30)29-12-16-6-3-4-7-17(16)13-29;/h3-4,6-7,18H,2,5,8-15H2,1H3,(H2,25,26,27);1H. The number of nitrogens with one attached hydrogen (secondary N) is 2. The predicted octanol–water partition coefficient (Wildman–Crippen LogP) is 3.12. The Kier molecular flexibility index (Phi) is 9.86. The Hall–Kier alpha value is -1.56. The zero-order chi connectivity index (χ0) is 21.6. The van der Waals surface area contributed by atoms with Crippen molar-refractivity contribution >= 4 is 35.8 Å². The first-order valence-electron chi connectivity index (χ1n) is 10.5. The van der Waals surface area contributed by atoms with Crippen LogP contribution in [-0.2, 0) is 17.9 Å². The lowest BCUT2D eigenvalue weighted by atomic mass is 10.1. The molecule has 2 aliphatic rings. The molecule has 1 saturated heterocycles. The lowest BCUT2D eigenvalue weighted by molar-refractivity contribution is -0.143. The second kappa shape index (κ2) is 11.9. The molecule has 1 aromatic rings. The number of halogens is 4. The monoisotopic (exact) mass is 553 g/mol. The van der Waals surface area contributed by atoms with E-state index in [1.54, 1.807) is 0 Å². The van der Waals surface area contributed by atoms with Crippen molar-refractivity contribution in [3.05, 3.63) is 35.4 Å². The molecule has 174 valence electrons. The molecule has 2 heterocycles. The van der Waals surface area contributed by atoms with Gasteiger partial charge in [0.15, 0.2) is 5.96 Å². The van der Waals surface area contributed by atoms with Gasteiger partial charge in [-0.1, -0.05) is 24.3 Å². The van der Waals surface area contributed by atoms with Crippen LogP contribution < -0.4 is 10.6 Å². The highest BCUT2D eigenvalue weighted by Crippen LogP contribution is 2.23. The topological polar surface area (TPSA) is 60.0 Å². The van der Waals surface area contributed by atoms with Crippen molar-refractivity contribution < 1.29 is 18.0 Å². The summed E-state index contributed by atoms with van der Waals surface area (Å²) >= 11 is 0. The molecular formula is C21H31F3IN5O. The van der Waals surface area contributed by atoms with Gasteiger partial charge in [-0.3, -0.25) is 14.7 Å². The van der Waals surface area contributed by atoms with Gasteiger partial charge in [-0.15, -0.1) is 24.0 Å². The zero-order valence-corrected chi connectivity index (χ0v) is 20.1. The van der Waals surface area contributed by atoms with E-state index in [4.69, 9.17) is 0 Å². The maximum absolute atomic E-state index is 12.5. The number of hydrogen-bond acceptors (Lipinski definition) is 3. The number of guanidine groups is 1. The Bertz CT molecular complexity index is 734. The second-order valence-electron chi connectivity index (χ2n) is 7.86. The van der Waals surface area contributed by atoms with Crippen LogP contribution in [0.4, 0.5) is 13.2 Å². The first-order valence-corrected chi connectivity index (χ1v) is 10.5. The number of benzene rings is 1. The van der Waals surface area contributed by atoms with Crippen LogP contribution in [-0.4, -0.2) is 66.6 Å². The summed E-state index contributed by atoms with van der Waals surface area (Å²) in [6, 6.07) is 8.03. The fourth-order valence-corrected chi connectivity index (χ4v) is 3.95. The number of aliphatic imine (C=N–C) groups is 1. The Morgan fingerprint density at radius 3 is 2.52 bits per heavy atom. The molecule has 1 unspecified atom stereocenters. The molecule has 0 spiro atoms. The number of carbonyl (C=O) groups is 1. The van der Waals surface area contributed by atoms with E-state index >= 15 is 0 Å². The minimum absolute atomic E-state index is 0. The number of carbonyl (C=O) groups excluding carboxylic acids is 1. The van der Waals surface area contributed by atoms with Crippen LogP contribution in [0.15, 0.2) is 29.3 Å². The molecule has 0 radical (unpaired) electrons. The van der Waals surface area contributed by atoms with Crippen molar-refractivity contribution in [1.82, 2.24) is 20.4 Å². The molecule has 1 aromatic carbocycles. The summed E-state index contributed by atoms with van der Waals surface area (Å²) in [6.45, 7) is 4.31. The molecule has 2 aliphatic heterocycles. The maximum Gasteiger partial charge on any atom is 0.401 e. The summed E-state index contributed by atoms with van der Waals surface area (Å²) in [4.78, 5) is 20.2. The fourth-order valence-electron chi connectivity index (χ4n) is 3.95. The molecular weight excluding hydrogens is 522 g/mol. The highest BCUT2D eigenvalue weighted by atomic mass is 127. The quantitative estimate of drug-likeness (QED) is 0.236. The average molecular weight is 553 g/mol. The zero-order valence-electron chi connectivity index (χ0n) is 17.7. The van der Waals surface area contributed by atoms with Gasteiger partial charge in [0.1, 0.15) is 0 Å². The number of nitrogens with zero attached hydrogens (tertiary/aromatic N) is 3. The van der Waals surface area contributed by atoms with E-state index in [0.29, 0.717) is 64.5 Å². The molecule has 3 rings (SSSR count). The molecule has 0 aliphatic carbocycles. The summed E-state index contributed by atoms with van der Waals surface area (Å²) in [7, 11) is 0. The molecule has 1 fully saturated rings. The van der Waals surface area contributed by atoms with E-state index in [-0.39, 0.29) is 35.9 Å². The largest absolute Gasteiger partial charge is 0.401 e. The van der Waals surface area contributed by atoms with Crippen LogP contribution in [0.3, 0.4) is 0 Å². The summed E-state index contributed by atoms with van der Waals surface area (Å²) in [6.07, 6.45) is -2.46. The lowest BCUT2D eigenvalue weighted by Crippen LogP contribution is -2.45. The molecule has 6 nitrogen and oxygen atoms in total. The van der Waals surface area contributed by atoms with E-state index in [1.165, 1.54) is 16.0 Å². The number of amides is 1. The molecule has 31 heavy (non-hydrogen) atoms. The number of hydrogen-bond donors (Lipinski definition) is 2. The van der Waals surface area contributed by atoms with Crippen LogP contribution in [0.5, 0.6) is 0 Å². The van der Waals surface area contributed by atoms with Crippen LogP contribution in [0.2, 0.25) is 0 Å². The van der Waals surface area contributed by atoms with Crippen molar-refractivity contribution in [3.63, 3.8) is 0 Å². The van der Waals surface area contributed by atoms with Gasteiger partial charge in [-0.05, 0) is 30.9 Å². The first kappa shape index (κ1) is 25.7. The second-order valence-corrected chi connectivity index (χ2v) is 7.86. The van der Waals surface area contributed by atoms with E-state index in [1.807, 2.05) is 24.0 Å². The van der Waals surface area contributed by atoms with Crippen molar-refractivity contribution in [2.45, 2.75) is 51.5 Å². The minimum Gasteiger partial charge on any atom is -0.357 e. The van der Waals surface area contributed by atoms with Gasteiger partial charge in [0.25, 0.3) is 0 Å². The third kappa shape index (κ3) is 8.13. The van der Waals surface area contributed by atoms with Gasteiger partial charge in [-0.2, -0.15) is 13.2 Å². The van der Waals surface area contributed by atoms with Gasteiger partial charge in [0.2, 0.25) is 5.91 Å². The van der Waals surface area contributed by atoms with Gasteiger partial charge in [0.05, 0.1) is 6.54 Å². The molecule has 0 bridgehead atoms. The van der Waals surface area contributed by atoms with E-state index in [2.05, 4.69) is 27.8 Å². The smallest absolute Gasteiger partial charge is 0.357 e. The van der Waals surface area contributed by atoms with Crippen molar-refractivity contribution in [3.8, 4) is 0 Å². The van der Waals surface area contributed by atoms with Crippen LogP contribution in [0.25, 0.3) is 0 Å². The number of fused-ring (bicyclic) bond motifs is 1. The van der Waals surface area contributed by atoms with Crippen molar-refractivity contribution in [2.24, 2.45) is 4.99 Å². The Morgan fingerprint density at radius 2 is 1.90 bits per heavy atom. The van der Waals surface area contributed by atoms with Gasteiger partial charge in [-0.25, -0.2) is 0 Å². The number of rotatable bonds is 7. The van der Waals surface area contributed by atoms with Gasteiger partial charge < -0.3 is 15.5 Å². The first-order chi connectivity index (χ1) is 14.3. The van der Waals surface area contributed by atoms with E-state index in [9.17, 15) is 18.0 Å². The Labute approximate surface area is 198 Å². The van der Waals surface area contributed by atoms with E-state index < -0.39 is 12.7 Å². The lowest BCUT2D eigenvalue weighted by Gasteiger charge is -2.20. The highest BCUT2D eigenvalue weighted by molar-refractivity contribution is 14.0. The highest BCUT2D eigenvalue weighted by Gasteiger charge is 2.34. The third-order valence-electron chi connectivity index (χ3n) is 5.37.